The van der Waals surface area contributed by atoms with Crippen molar-refractivity contribution in [3.05, 3.63) is 117 Å². The quantitative estimate of drug-likeness (QED) is 0.180. The van der Waals surface area contributed by atoms with E-state index in [1.165, 1.54) is 66.4 Å². The molecule has 1 atom stereocenters. The Bertz CT molecular complexity index is 1550. The molecule has 1 nitrogen and oxygen atoms in total. The van der Waals surface area contributed by atoms with Gasteiger partial charge in [-0.2, -0.15) is 0 Å². The van der Waals surface area contributed by atoms with Crippen LogP contribution < -0.4 is 10.4 Å². The van der Waals surface area contributed by atoms with Gasteiger partial charge >= 0.3 is 0 Å². The molecule has 4 rings (SSSR count). The van der Waals surface area contributed by atoms with Crippen LogP contribution in [-0.2, 0) is 0 Å². The number of likely N-dealkylation sites (tertiary alicyclic amines) is 1. The fraction of sp³-hybridized carbons (Fsp3) is 0.489. The van der Waals surface area contributed by atoms with E-state index in [-0.39, 0.29) is 0 Å². The summed E-state index contributed by atoms with van der Waals surface area (Å²) in [6.07, 6.45) is 20.1. The van der Waals surface area contributed by atoms with Crippen LogP contribution in [0.2, 0.25) is 0 Å². The van der Waals surface area contributed by atoms with Crippen molar-refractivity contribution < 1.29 is 4.39 Å². The first-order valence-corrected chi connectivity index (χ1v) is 19.2. The van der Waals surface area contributed by atoms with E-state index in [1.807, 2.05) is 33.8 Å². The number of hydrogen-bond donors (Lipinski definition) is 0. The lowest BCUT2D eigenvalue weighted by Crippen LogP contribution is -2.32. The first kappa shape index (κ1) is 43.6. The number of rotatable bonds is 10. The van der Waals surface area contributed by atoms with Gasteiger partial charge in [0.25, 0.3) is 0 Å². The van der Waals surface area contributed by atoms with Crippen LogP contribution in [-0.4, -0.2) is 23.2 Å². The summed E-state index contributed by atoms with van der Waals surface area (Å²) in [7, 11) is 0. The summed E-state index contributed by atoms with van der Waals surface area (Å²) < 4.78 is 14.3. The van der Waals surface area contributed by atoms with Crippen LogP contribution in [0, 0.1) is 13.8 Å². The number of allylic oxidation sites excluding steroid dienone is 8. The second-order valence-electron chi connectivity index (χ2n) is 13.6. The van der Waals surface area contributed by atoms with Crippen LogP contribution in [0.15, 0.2) is 95.8 Å². The first-order chi connectivity index (χ1) is 23.3. The van der Waals surface area contributed by atoms with Gasteiger partial charge in [0.1, 0.15) is 5.67 Å². The van der Waals surface area contributed by atoms with Gasteiger partial charge in [0.05, 0.1) is 0 Å². The van der Waals surface area contributed by atoms with Crippen molar-refractivity contribution in [2.45, 2.75) is 146 Å². The molecule has 0 saturated carbocycles. The highest BCUT2D eigenvalue weighted by Crippen LogP contribution is 2.31. The molecule has 1 fully saturated rings. The van der Waals surface area contributed by atoms with E-state index < -0.39 is 5.67 Å². The fourth-order valence-corrected chi connectivity index (χ4v) is 6.04. The third kappa shape index (κ3) is 13.8. The van der Waals surface area contributed by atoms with Crippen molar-refractivity contribution in [2.75, 3.05) is 6.54 Å². The van der Waals surface area contributed by atoms with E-state index in [4.69, 9.17) is 0 Å². The zero-order valence-electron chi connectivity index (χ0n) is 33.5. The molecule has 1 aliphatic heterocycles. The second-order valence-corrected chi connectivity index (χ2v) is 13.6. The lowest BCUT2D eigenvalue weighted by atomic mass is 9.89. The fourth-order valence-electron chi connectivity index (χ4n) is 6.04. The van der Waals surface area contributed by atoms with E-state index in [2.05, 4.69) is 120 Å². The van der Waals surface area contributed by atoms with Crippen LogP contribution >= 0.6 is 0 Å². The molecule has 49 heavy (non-hydrogen) atoms. The predicted molar refractivity (Wildman–Crippen MR) is 220 cm³/mol. The Hall–Kier alpha value is -3.39. The third-order valence-corrected chi connectivity index (χ3v) is 9.29. The van der Waals surface area contributed by atoms with E-state index >= 15 is 0 Å². The number of aryl methyl sites for hydroxylation is 2. The maximum Gasteiger partial charge on any atom is 0.126 e. The highest BCUT2D eigenvalue weighted by Gasteiger charge is 2.24. The van der Waals surface area contributed by atoms with Crippen molar-refractivity contribution in [3.8, 4) is 11.1 Å². The summed E-state index contributed by atoms with van der Waals surface area (Å²) in [6, 6.07) is 13.7. The molecule has 270 valence electrons. The number of unbranched alkanes of at least 4 members (excludes halogenated alkanes) is 3. The van der Waals surface area contributed by atoms with Gasteiger partial charge in [-0.05, 0) is 123 Å². The largest absolute Gasteiger partial charge is 0.369 e. The average Bonchev–Trinajstić information content (AvgIpc) is 3.54. The van der Waals surface area contributed by atoms with Gasteiger partial charge in [0.15, 0.2) is 0 Å². The summed E-state index contributed by atoms with van der Waals surface area (Å²) in [6.45, 7) is 34.5. The molecule has 1 heterocycles. The van der Waals surface area contributed by atoms with Gasteiger partial charge in [0.2, 0.25) is 0 Å². The van der Waals surface area contributed by atoms with Gasteiger partial charge in [-0.1, -0.05) is 141 Å². The van der Waals surface area contributed by atoms with Gasteiger partial charge in [-0.25, -0.2) is 4.39 Å². The summed E-state index contributed by atoms with van der Waals surface area (Å²) in [5, 5.41) is 2.12. The maximum absolute atomic E-state index is 14.3. The van der Waals surface area contributed by atoms with Crippen LogP contribution in [0.25, 0.3) is 23.3 Å². The van der Waals surface area contributed by atoms with Crippen molar-refractivity contribution in [1.29, 1.82) is 0 Å². The van der Waals surface area contributed by atoms with E-state index in [9.17, 15) is 4.39 Å². The van der Waals surface area contributed by atoms with Gasteiger partial charge < -0.3 is 4.90 Å². The zero-order chi connectivity index (χ0) is 37.1. The Morgan fingerprint density at radius 2 is 1.53 bits per heavy atom. The Morgan fingerprint density at radius 1 is 0.918 bits per heavy atom. The first-order valence-electron chi connectivity index (χ1n) is 19.2. The molecule has 0 radical (unpaired) electrons. The Balaban J connectivity index is 0.00000107. The topological polar surface area (TPSA) is 3.24 Å². The summed E-state index contributed by atoms with van der Waals surface area (Å²) >= 11 is 0. The minimum atomic E-state index is -1.25. The highest BCUT2D eigenvalue weighted by molar-refractivity contribution is 5.75. The van der Waals surface area contributed by atoms with Crippen LogP contribution in [0.4, 0.5) is 4.39 Å². The van der Waals surface area contributed by atoms with Crippen molar-refractivity contribution >= 4 is 12.2 Å². The average molecular weight is 668 g/mol. The second kappa shape index (κ2) is 22.4. The van der Waals surface area contributed by atoms with Crippen molar-refractivity contribution in [3.63, 3.8) is 0 Å². The lowest BCUT2D eigenvalue weighted by molar-refractivity contribution is 0.261. The summed E-state index contributed by atoms with van der Waals surface area (Å²) in [5.74, 6) is 0. The molecule has 0 spiro atoms. The number of nitrogens with zero attached hydrogens (tertiary/aromatic N) is 1. The Kier molecular flexibility index (Phi) is 19.9. The molecule has 2 aromatic rings. The molecule has 1 unspecified atom stereocenters. The molecule has 0 amide bonds. The van der Waals surface area contributed by atoms with Gasteiger partial charge in [-0.15, -0.1) is 0 Å². The Labute approximate surface area is 301 Å². The normalized spacial score (nSPS) is 16.7. The van der Waals surface area contributed by atoms with Gasteiger partial charge in [0, 0.05) is 23.9 Å². The van der Waals surface area contributed by atoms with Gasteiger partial charge in [-0.3, -0.25) is 0 Å². The molecular formula is C47H70FN. The predicted octanol–water partition coefficient (Wildman–Crippen LogP) is 13.1. The van der Waals surface area contributed by atoms with Crippen molar-refractivity contribution in [1.82, 2.24) is 4.90 Å². The SMILES string of the molecule is C=C(C(/C=C(C)/C=C/C1=CC=C(C(C)(C)F)CC1)=c1\cc(-c2ccc(C)c(C)c2)ccc1=C)N1CCCC1C.CC.CC.CCCCCC. The summed E-state index contributed by atoms with van der Waals surface area (Å²) in [5.41, 5.74) is 9.16. The molecule has 0 N–H and O–H groups in total. The molecule has 0 aromatic heterocycles. The summed E-state index contributed by atoms with van der Waals surface area (Å²) in [4.78, 5) is 2.44. The Morgan fingerprint density at radius 3 is 2.04 bits per heavy atom. The maximum atomic E-state index is 14.3. The monoisotopic (exact) mass is 668 g/mol. The number of alkyl halides is 1. The smallest absolute Gasteiger partial charge is 0.126 e. The van der Waals surface area contributed by atoms with Crippen LogP contribution in [0.1, 0.15) is 132 Å². The minimum Gasteiger partial charge on any atom is -0.369 e. The molecule has 2 aromatic carbocycles. The molecule has 1 aliphatic carbocycles. The molecule has 1 saturated heterocycles. The molecule has 0 bridgehead atoms. The minimum absolute atomic E-state index is 0.473. The number of hydrogen-bond acceptors (Lipinski definition) is 1. The third-order valence-electron chi connectivity index (χ3n) is 9.29. The van der Waals surface area contributed by atoms with E-state index in [1.54, 1.807) is 13.8 Å². The van der Waals surface area contributed by atoms with Crippen LogP contribution in [0.5, 0.6) is 0 Å². The molecule has 2 aliphatic rings. The lowest BCUT2D eigenvalue weighted by Gasteiger charge is -2.27. The number of halogens is 1. The van der Waals surface area contributed by atoms with E-state index in [0.717, 1.165) is 52.2 Å². The standard InChI is InChI=1S/C37H44FN.C6H14.2C2H6/c1-25(11-14-31-15-19-34(20-16-31)37(7,8)38)22-36(30(6)39-21-9-10-29(39)5)35-24-33(18-13-27(35)3)32-17-12-26(2)28(4)23-32;1-3-5-6-4-2;2*1-2/h11-15,17-19,22-24,29H,3,6,9-10,16,20-21H2,1-2,4-5,7-8H3;3-6H2,1-2H3;2*1-2H3/b14-11+,25-22+,36-35+;;;. The number of benzene rings is 2. The highest BCUT2D eigenvalue weighted by atomic mass is 19.1. The van der Waals surface area contributed by atoms with Crippen LogP contribution in [0.3, 0.4) is 0 Å². The molecular weight excluding hydrogens is 598 g/mol. The van der Waals surface area contributed by atoms with Crippen molar-refractivity contribution in [2.24, 2.45) is 0 Å². The molecule has 2 heteroatoms. The zero-order valence-corrected chi connectivity index (χ0v) is 33.5. The van der Waals surface area contributed by atoms with E-state index in [0.29, 0.717) is 6.04 Å².